The third kappa shape index (κ3) is 6.48. The van der Waals surface area contributed by atoms with Gasteiger partial charge in [0, 0.05) is 11.3 Å². The number of aliphatic hydroxyl groups excluding tert-OH is 3. The number of anilines is 1. The van der Waals surface area contributed by atoms with Crippen LogP contribution < -0.4 is 4.90 Å². The average Bonchev–Trinajstić information content (AvgIpc) is 3.07. The summed E-state index contributed by atoms with van der Waals surface area (Å²) in [6.07, 6.45) is -9.86. The molecule has 6 rings (SSSR count). The molecule has 4 aromatic rings. The molecule has 48 heavy (non-hydrogen) atoms. The number of aromatic hydroxyl groups is 2. The second-order valence-corrected chi connectivity index (χ2v) is 11.9. The lowest BCUT2D eigenvalue weighted by atomic mass is 9.77. The zero-order valence-electron chi connectivity index (χ0n) is 25.4. The van der Waals surface area contributed by atoms with Gasteiger partial charge >= 0.3 is 5.97 Å². The standard InChI is InChI=1S/C36H34FNO10/c37-22-12-9-19(10-13-22)28(47-36-32(43)30(41)31(42)33(48-36)35(45)46)16-15-26-29(38(34(26)44)23-6-2-1-3-7-23)25-14-11-21(18-27(25)40)20-5-4-8-24(39)17-20/h1-14,17-18,26,28-33,36,39-43H,15-16H2,(H,45,46)/t26-,28+,29-,30+,31-,32?,33?,36-/m1/s1. The first-order valence-corrected chi connectivity index (χ1v) is 15.4. The molecule has 0 aromatic heterocycles. The Bertz CT molecular complexity index is 1770. The van der Waals surface area contributed by atoms with E-state index in [0.717, 1.165) is 0 Å². The van der Waals surface area contributed by atoms with Crippen molar-refractivity contribution in [1.29, 1.82) is 0 Å². The van der Waals surface area contributed by atoms with Crippen molar-refractivity contribution in [1.82, 2.24) is 0 Å². The Balaban J connectivity index is 1.29. The van der Waals surface area contributed by atoms with Gasteiger partial charge in [0.25, 0.3) is 0 Å². The molecule has 2 unspecified atom stereocenters. The first-order chi connectivity index (χ1) is 23.0. The van der Waals surface area contributed by atoms with E-state index in [1.165, 1.54) is 24.3 Å². The number of carboxylic acids is 1. The van der Waals surface area contributed by atoms with Crippen LogP contribution in [0.1, 0.15) is 36.1 Å². The maximum atomic E-state index is 13.9. The van der Waals surface area contributed by atoms with Gasteiger partial charge in [-0.05, 0) is 72.0 Å². The second kappa shape index (κ2) is 13.7. The molecular formula is C36H34FNO10. The summed E-state index contributed by atoms with van der Waals surface area (Å²) in [4.78, 5) is 27.0. The molecule has 2 heterocycles. The fourth-order valence-corrected chi connectivity index (χ4v) is 6.37. The van der Waals surface area contributed by atoms with Crippen LogP contribution in [0.5, 0.6) is 11.5 Å². The summed E-state index contributed by atoms with van der Waals surface area (Å²) < 4.78 is 25.2. The number of carbonyl (C=O) groups is 2. The highest BCUT2D eigenvalue weighted by atomic mass is 19.1. The van der Waals surface area contributed by atoms with E-state index < -0.39 is 60.6 Å². The molecule has 4 aromatic carbocycles. The number of β-lactam (4-membered cyclic amide) rings is 1. The van der Waals surface area contributed by atoms with E-state index in [1.54, 1.807) is 71.6 Å². The fourth-order valence-electron chi connectivity index (χ4n) is 6.37. The Morgan fingerprint density at radius 1 is 0.854 bits per heavy atom. The van der Waals surface area contributed by atoms with Gasteiger partial charge in [-0.3, -0.25) is 4.79 Å². The SMILES string of the molecule is O=C(O)C1O[C@@H](O[C@@H](CC[C@H]2C(=O)N(c3ccccc3)[C@@H]2c2ccc(-c3cccc(O)c3)cc2O)c2ccc(F)cc2)C(O)[C@@H](O)[C@H]1O. The van der Waals surface area contributed by atoms with E-state index in [0.29, 0.717) is 27.9 Å². The van der Waals surface area contributed by atoms with Crippen LogP contribution in [0.2, 0.25) is 0 Å². The topological polar surface area (TPSA) is 177 Å². The summed E-state index contributed by atoms with van der Waals surface area (Å²) in [6, 6.07) is 25.3. The molecule has 2 aliphatic rings. The lowest BCUT2D eigenvalue weighted by Gasteiger charge is -2.48. The average molecular weight is 660 g/mol. The third-order valence-corrected chi connectivity index (χ3v) is 8.87. The number of aliphatic hydroxyl groups is 3. The highest BCUT2D eigenvalue weighted by Crippen LogP contribution is 2.49. The van der Waals surface area contributed by atoms with Crippen LogP contribution in [0.25, 0.3) is 11.1 Å². The van der Waals surface area contributed by atoms with Crippen molar-refractivity contribution in [2.45, 2.75) is 55.7 Å². The number of para-hydroxylation sites is 1. The van der Waals surface area contributed by atoms with Gasteiger partial charge in [-0.2, -0.15) is 0 Å². The van der Waals surface area contributed by atoms with Crippen LogP contribution in [0.15, 0.2) is 97.1 Å². The molecule has 12 heteroatoms. The van der Waals surface area contributed by atoms with Crippen LogP contribution in [0.3, 0.4) is 0 Å². The minimum atomic E-state index is -1.91. The number of carbonyl (C=O) groups excluding carboxylic acids is 1. The van der Waals surface area contributed by atoms with Crippen LogP contribution in [0.4, 0.5) is 10.1 Å². The number of benzene rings is 4. The van der Waals surface area contributed by atoms with Crippen molar-refractivity contribution in [3.05, 3.63) is 114 Å². The number of ether oxygens (including phenoxy) is 2. The Morgan fingerprint density at radius 3 is 2.23 bits per heavy atom. The first kappa shape index (κ1) is 33.1. The summed E-state index contributed by atoms with van der Waals surface area (Å²) in [5, 5.41) is 61.7. The lowest BCUT2D eigenvalue weighted by Crippen LogP contribution is -2.60. The highest BCUT2D eigenvalue weighted by molar-refractivity contribution is 6.03. The van der Waals surface area contributed by atoms with E-state index in [2.05, 4.69) is 0 Å². The molecule has 11 nitrogen and oxygen atoms in total. The first-order valence-electron chi connectivity index (χ1n) is 15.4. The van der Waals surface area contributed by atoms with Crippen molar-refractivity contribution >= 4 is 17.6 Å². The number of halogens is 1. The van der Waals surface area contributed by atoms with Crippen molar-refractivity contribution in [3.8, 4) is 22.6 Å². The molecule has 250 valence electrons. The fraction of sp³-hybridized carbons (Fsp3) is 0.278. The normalized spacial score (nSPS) is 26.1. The maximum Gasteiger partial charge on any atom is 0.335 e. The number of phenols is 2. The second-order valence-electron chi connectivity index (χ2n) is 11.9. The van der Waals surface area contributed by atoms with Gasteiger partial charge in [-0.1, -0.05) is 54.6 Å². The Hall–Kier alpha value is -4.85. The zero-order chi connectivity index (χ0) is 34.1. The van der Waals surface area contributed by atoms with Gasteiger partial charge < -0.3 is 45.0 Å². The van der Waals surface area contributed by atoms with E-state index in [4.69, 9.17) is 9.47 Å². The lowest BCUT2D eigenvalue weighted by molar-refractivity contribution is -0.306. The predicted octanol–water partition coefficient (Wildman–Crippen LogP) is 4.04. The Morgan fingerprint density at radius 2 is 1.56 bits per heavy atom. The van der Waals surface area contributed by atoms with Crippen molar-refractivity contribution < 1.29 is 54.1 Å². The summed E-state index contributed by atoms with van der Waals surface area (Å²) in [6.45, 7) is 0. The quantitative estimate of drug-likeness (QED) is 0.136. The largest absolute Gasteiger partial charge is 0.508 e. The summed E-state index contributed by atoms with van der Waals surface area (Å²) in [5.41, 5.74) is 2.88. The molecule has 1 amide bonds. The number of rotatable bonds is 10. The molecular weight excluding hydrogens is 625 g/mol. The summed E-state index contributed by atoms with van der Waals surface area (Å²) in [5.74, 6) is -2.96. The van der Waals surface area contributed by atoms with Crippen LogP contribution in [-0.4, -0.2) is 73.2 Å². The monoisotopic (exact) mass is 659 g/mol. The van der Waals surface area contributed by atoms with Gasteiger partial charge in [0.05, 0.1) is 18.1 Å². The summed E-state index contributed by atoms with van der Waals surface area (Å²) >= 11 is 0. The molecule has 0 aliphatic carbocycles. The van der Waals surface area contributed by atoms with E-state index in [-0.39, 0.29) is 30.2 Å². The van der Waals surface area contributed by atoms with Gasteiger partial charge in [0.2, 0.25) is 5.91 Å². The minimum absolute atomic E-state index is 0.0587. The third-order valence-electron chi connectivity index (χ3n) is 8.87. The minimum Gasteiger partial charge on any atom is -0.508 e. The summed E-state index contributed by atoms with van der Waals surface area (Å²) in [7, 11) is 0. The number of hydrogen-bond donors (Lipinski definition) is 6. The maximum absolute atomic E-state index is 13.9. The Labute approximate surface area is 274 Å². The molecule has 2 saturated heterocycles. The van der Waals surface area contributed by atoms with Crippen molar-refractivity contribution in [3.63, 3.8) is 0 Å². The molecule has 0 saturated carbocycles. The van der Waals surface area contributed by atoms with E-state index >= 15 is 0 Å². The van der Waals surface area contributed by atoms with Crippen molar-refractivity contribution in [2.24, 2.45) is 5.92 Å². The van der Waals surface area contributed by atoms with E-state index in [9.17, 15) is 44.6 Å². The smallest absolute Gasteiger partial charge is 0.335 e. The van der Waals surface area contributed by atoms with Gasteiger partial charge in [0.15, 0.2) is 12.4 Å². The van der Waals surface area contributed by atoms with Crippen LogP contribution >= 0.6 is 0 Å². The molecule has 8 atom stereocenters. The van der Waals surface area contributed by atoms with Gasteiger partial charge in [-0.15, -0.1) is 0 Å². The highest BCUT2D eigenvalue weighted by Gasteiger charge is 2.51. The van der Waals surface area contributed by atoms with Gasteiger partial charge in [0.1, 0.15) is 35.6 Å². The molecule has 6 N–H and O–H groups in total. The van der Waals surface area contributed by atoms with Crippen LogP contribution in [0, 0.1) is 11.7 Å². The number of aliphatic carboxylic acids is 1. The molecule has 2 fully saturated rings. The molecule has 0 radical (unpaired) electrons. The number of phenolic OH excluding ortho intramolecular Hbond substituents is 2. The van der Waals surface area contributed by atoms with E-state index in [1.807, 2.05) is 6.07 Å². The van der Waals surface area contributed by atoms with Crippen LogP contribution in [-0.2, 0) is 19.1 Å². The predicted molar refractivity (Wildman–Crippen MR) is 169 cm³/mol. The Kier molecular flexibility index (Phi) is 9.45. The van der Waals surface area contributed by atoms with Crippen molar-refractivity contribution in [2.75, 3.05) is 4.90 Å². The zero-order valence-corrected chi connectivity index (χ0v) is 25.4. The number of amides is 1. The number of hydrogen-bond acceptors (Lipinski definition) is 9. The molecule has 0 bridgehead atoms. The number of carboxylic acid groups (broad SMARTS) is 1. The number of nitrogens with zero attached hydrogens (tertiary/aromatic N) is 1. The van der Waals surface area contributed by atoms with Gasteiger partial charge in [-0.25, -0.2) is 9.18 Å². The molecule has 2 aliphatic heterocycles. The molecule has 0 spiro atoms.